The van der Waals surface area contributed by atoms with Gasteiger partial charge in [0, 0.05) is 27.6 Å². The zero-order chi connectivity index (χ0) is 28.5. The molecule has 0 bridgehead atoms. The van der Waals surface area contributed by atoms with Gasteiger partial charge in [0.15, 0.2) is 5.13 Å². The lowest BCUT2D eigenvalue weighted by atomic mass is 10.1. The zero-order valence-corrected chi connectivity index (χ0v) is 22.8. The molecule has 1 aromatic heterocycles. The third-order valence-corrected chi connectivity index (χ3v) is 7.20. The Hall–Kier alpha value is -4.81. The molecule has 0 fully saturated rings. The van der Waals surface area contributed by atoms with E-state index in [1.165, 1.54) is 47.4 Å². The van der Waals surface area contributed by atoms with E-state index in [2.05, 4.69) is 20.9 Å². The molecule has 3 aromatic carbocycles. The topological polar surface area (TPSA) is 143 Å². The lowest BCUT2D eigenvalue weighted by molar-refractivity contribution is -0.385. The molecule has 0 radical (unpaired) electrons. The molecule has 1 heterocycles. The fraction of sp³-hybridized carbons (Fsp3) is 0.0714. The second-order valence-corrected chi connectivity index (χ2v) is 10.2. The van der Waals surface area contributed by atoms with Gasteiger partial charge in [0.25, 0.3) is 17.5 Å². The summed E-state index contributed by atoms with van der Waals surface area (Å²) in [6.45, 7) is 1.85. The van der Waals surface area contributed by atoms with Crippen molar-refractivity contribution >= 4 is 63.4 Å². The number of nitrogens with zero attached hydrogens (tertiary/aromatic N) is 2. The Morgan fingerprint density at radius 3 is 2.35 bits per heavy atom. The quantitative estimate of drug-likeness (QED) is 0.0984. The number of rotatable bonds is 10. The first-order valence-electron chi connectivity index (χ1n) is 11.9. The van der Waals surface area contributed by atoms with E-state index < -0.39 is 16.7 Å². The summed E-state index contributed by atoms with van der Waals surface area (Å²) in [7, 11) is 0. The number of aryl methyl sites for hydroxylation is 1. The first-order chi connectivity index (χ1) is 19.3. The summed E-state index contributed by atoms with van der Waals surface area (Å²) in [5.41, 5.74) is 1.36. The number of hydrogen-bond acceptors (Lipinski definition) is 8. The number of hydrogen-bond donors (Lipinski definition) is 3. The van der Waals surface area contributed by atoms with Gasteiger partial charge in [-0.15, -0.1) is 23.1 Å². The first kappa shape index (κ1) is 28.2. The Balaban J connectivity index is 1.46. The zero-order valence-electron chi connectivity index (χ0n) is 21.1. The molecule has 4 aromatic rings. The van der Waals surface area contributed by atoms with E-state index in [-0.39, 0.29) is 28.6 Å². The van der Waals surface area contributed by atoms with Crippen LogP contribution in [-0.2, 0) is 9.59 Å². The molecule has 0 aliphatic heterocycles. The third kappa shape index (κ3) is 7.85. The van der Waals surface area contributed by atoms with Crippen LogP contribution in [0.4, 0.5) is 16.5 Å². The van der Waals surface area contributed by atoms with Gasteiger partial charge in [-0.2, -0.15) is 0 Å². The number of benzene rings is 3. The van der Waals surface area contributed by atoms with Gasteiger partial charge in [-0.3, -0.25) is 24.5 Å². The molecule has 0 aliphatic carbocycles. The smallest absolute Gasteiger partial charge is 0.276 e. The molecule has 3 amide bonds. The summed E-state index contributed by atoms with van der Waals surface area (Å²) in [6, 6.07) is 21.0. The van der Waals surface area contributed by atoms with Gasteiger partial charge >= 0.3 is 0 Å². The molecule has 0 saturated heterocycles. The fourth-order valence-electron chi connectivity index (χ4n) is 3.42. The summed E-state index contributed by atoms with van der Waals surface area (Å²) in [5.74, 6) is -1.21. The summed E-state index contributed by atoms with van der Waals surface area (Å²) in [4.78, 5) is 54.1. The van der Waals surface area contributed by atoms with Gasteiger partial charge in [0.2, 0.25) is 5.91 Å². The summed E-state index contributed by atoms with van der Waals surface area (Å²) in [5, 5.41) is 21.9. The van der Waals surface area contributed by atoms with Crippen LogP contribution in [-0.4, -0.2) is 33.4 Å². The number of thiazole rings is 1. The molecule has 0 aliphatic rings. The normalized spacial score (nSPS) is 11.0. The van der Waals surface area contributed by atoms with Crippen molar-refractivity contribution < 1.29 is 19.3 Å². The lowest BCUT2D eigenvalue weighted by Gasteiger charge is -2.12. The minimum atomic E-state index is -0.666. The molecule has 40 heavy (non-hydrogen) atoms. The molecule has 10 nitrogen and oxygen atoms in total. The number of para-hydroxylation sites is 1. The second-order valence-electron chi connectivity index (χ2n) is 8.30. The van der Waals surface area contributed by atoms with Crippen molar-refractivity contribution in [3.8, 4) is 0 Å². The molecule has 0 saturated carbocycles. The standard InChI is InChI=1S/C28H23N5O5S2/c1-18-16-40-28(29-18)32-25(34)17-39-22-13-11-21(12-14-22)30-27(36)23(31-26(35)19-7-3-2-4-8-19)15-20-9-5-6-10-24(20)33(37)38/h2-16H,17H2,1H3,(H,30,36)(H,31,35)(H,29,32,34)/b23-15-. The van der Waals surface area contributed by atoms with Gasteiger partial charge < -0.3 is 16.0 Å². The molecule has 3 N–H and O–H groups in total. The van der Waals surface area contributed by atoms with Crippen molar-refractivity contribution in [1.29, 1.82) is 0 Å². The van der Waals surface area contributed by atoms with E-state index in [0.717, 1.165) is 10.6 Å². The van der Waals surface area contributed by atoms with Crippen molar-refractivity contribution in [3.63, 3.8) is 0 Å². The largest absolute Gasteiger partial charge is 0.321 e. The highest BCUT2D eigenvalue weighted by Crippen LogP contribution is 2.23. The number of anilines is 2. The number of nitro groups is 1. The Kier molecular flexibility index (Phi) is 9.39. The lowest BCUT2D eigenvalue weighted by Crippen LogP contribution is -2.30. The Bertz CT molecular complexity index is 1570. The average molecular weight is 574 g/mol. The van der Waals surface area contributed by atoms with Crippen LogP contribution in [0.3, 0.4) is 0 Å². The van der Waals surface area contributed by atoms with Gasteiger partial charge in [-0.1, -0.05) is 30.3 Å². The van der Waals surface area contributed by atoms with Crippen LogP contribution in [0.25, 0.3) is 6.08 Å². The highest BCUT2D eigenvalue weighted by molar-refractivity contribution is 8.00. The molecular formula is C28H23N5O5S2. The highest BCUT2D eigenvalue weighted by atomic mass is 32.2. The van der Waals surface area contributed by atoms with Crippen molar-refractivity contribution in [2.24, 2.45) is 0 Å². The molecule has 0 spiro atoms. The molecule has 0 atom stereocenters. The maximum absolute atomic E-state index is 13.2. The maximum Gasteiger partial charge on any atom is 0.276 e. The molecular weight excluding hydrogens is 550 g/mol. The van der Waals surface area contributed by atoms with Crippen LogP contribution < -0.4 is 16.0 Å². The number of carbonyl (C=O) groups is 3. The Morgan fingerprint density at radius 2 is 1.68 bits per heavy atom. The number of carbonyl (C=O) groups excluding carboxylic acids is 3. The predicted molar refractivity (Wildman–Crippen MR) is 156 cm³/mol. The molecule has 202 valence electrons. The predicted octanol–water partition coefficient (Wildman–Crippen LogP) is 5.50. The van der Waals surface area contributed by atoms with Crippen LogP contribution in [0.1, 0.15) is 21.6 Å². The number of nitrogens with one attached hydrogen (secondary N) is 3. The van der Waals surface area contributed by atoms with Crippen molar-refractivity contribution in [3.05, 3.63) is 117 Å². The van der Waals surface area contributed by atoms with E-state index in [9.17, 15) is 24.5 Å². The van der Waals surface area contributed by atoms with Crippen LogP contribution in [0.2, 0.25) is 0 Å². The maximum atomic E-state index is 13.2. The van der Waals surface area contributed by atoms with Crippen LogP contribution in [0.15, 0.2) is 94.8 Å². The third-order valence-electron chi connectivity index (χ3n) is 5.31. The Labute approximate surface area is 237 Å². The minimum Gasteiger partial charge on any atom is -0.321 e. The van der Waals surface area contributed by atoms with Gasteiger partial charge in [-0.05, 0) is 55.5 Å². The van der Waals surface area contributed by atoms with Gasteiger partial charge in [0.05, 0.1) is 21.9 Å². The monoisotopic (exact) mass is 573 g/mol. The highest BCUT2D eigenvalue weighted by Gasteiger charge is 2.18. The van der Waals surface area contributed by atoms with E-state index >= 15 is 0 Å². The van der Waals surface area contributed by atoms with E-state index in [1.807, 2.05) is 12.3 Å². The number of amides is 3. The second kappa shape index (κ2) is 13.3. The number of aromatic nitrogens is 1. The van der Waals surface area contributed by atoms with Crippen LogP contribution in [0.5, 0.6) is 0 Å². The molecule has 12 heteroatoms. The summed E-state index contributed by atoms with van der Waals surface area (Å²) >= 11 is 2.68. The van der Waals surface area contributed by atoms with Crippen molar-refractivity contribution in [2.45, 2.75) is 11.8 Å². The fourth-order valence-corrected chi connectivity index (χ4v) is 4.83. The van der Waals surface area contributed by atoms with Crippen LogP contribution in [0, 0.1) is 17.0 Å². The Morgan fingerprint density at radius 1 is 0.975 bits per heavy atom. The number of thioether (sulfide) groups is 1. The van der Waals surface area contributed by atoms with Crippen molar-refractivity contribution in [1.82, 2.24) is 10.3 Å². The summed E-state index contributed by atoms with van der Waals surface area (Å²) in [6.07, 6.45) is 1.26. The van der Waals surface area contributed by atoms with Crippen molar-refractivity contribution in [2.75, 3.05) is 16.4 Å². The van der Waals surface area contributed by atoms with E-state index in [0.29, 0.717) is 16.4 Å². The minimum absolute atomic E-state index is 0.156. The average Bonchev–Trinajstić information content (AvgIpc) is 3.36. The van der Waals surface area contributed by atoms with Gasteiger partial charge in [0.1, 0.15) is 5.70 Å². The van der Waals surface area contributed by atoms with E-state index in [1.54, 1.807) is 60.7 Å². The summed E-state index contributed by atoms with van der Waals surface area (Å²) < 4.78 is 0. The molecule has 0 unspecified atom stereocenters. The first-order valence-corrected chi connectivity index (χ1v) is 13.7. The van der Waals surface area contributed by atoms with Crippen LogP contribution >= 0.6 is 23.1 Å². The van der Waals surface area contributed by atoms with Gasteiger partial charge in [-0.25, -0.2) is 4.98 Å². The SMILES string of the molecule is Cc1csc(NC(=O)CSc2ccc(NC(=O)/C(=C/c3ccccc3[N+](=O)[O-])NC(=O)c3ccccc3)cc2)n1. The molecule has 4 rings (SSSR count). The number of nitro benzene ring substituents is 1. The van der Waals surface area contributed by atoms with E-state index in [4.69, 9.17) is 0 Å².